The first kappa shape index (κ1) is 5.69. The molecule has 0 aromatic heterocycles. The van der Waals surface area contributed by atoms with E-state index in [1.165, 1.54) is 25.9 Å². The van der Waals surface area contributed by atoms with Crippen LogP contribution < -0.4 is 5.32 Å². The van der Waals surface area contributed by atoms with Crippen LogP contribution in [0.2, 0.25) is 0 Å². The van der Waals surface area contributed by atoms with Crippen LogP contribution in [0.4, 0.5) is 0 Å². The minimum atomic E-state index is 0.789. The standard InChI is InChI=1S/C7H14N2/c1-8-6-4-7-2-3-9(7)5-6/h6-8H,2-5H2,1H3/t6?,7-/m1/s1. The molecule has 2 saturated heterocycles. The van der Waals surface area contributed by atoms with Crippen molar-refractivity contribution in [3.63, 3.8) is 0 Å². The molecular weight excluding hydrogens is 112 g/mol. The zero-order valence-electron chi connectivity index (χ0n) is 5.93. The van der Waals surface area contributed by atoms with Gasteiger partial charge in [-0.05, 0) is 26.4 Å². The zero-order valence-corrected chi connectivity index (χ0v) is 5.93. The highest BCUT2D eigenvalue weighted by molar-refractivity contribution is 4.95. The highest BCUT2D eigenvalue weighted by Crippen LogP contribution is 2.28. The van der Waals surface area contributed by atoms with Crippen LogP contribution >= 0.6 is 0 Å². The van der Waals surface area contributed by atoms with Gasteiger partial charge in [-0.25, -0.2) is 0 Å². The Morgan fingerprint density at radius 3 is 2.78 bits per heavy atom. The fraction of sp³-hybridized carbons (Fsp3) is 1.00. The van der Waals surface area contributed by atoms with Crippen molar-refractivity contribution in [1.82, 2.24) is 10.2 Å². The third-order valence-electron chi connectivity index (χ3n) is 2.69. The van der Waals surface area contributed by atoms with E-state index in [4.69, 9.17) is 0 Å². The van der Waals surface area contributed by atoms with Crippen LogP contribution in [0.1, 0.15) is 12.8 Å². The summed E-state index contributed by atoms with van der Waals surface area (Å²) < 4.78 is 0. The molecule has 2 fully saturated rings. The number of likely N-dealkylation sites (N-methyl/N-ethyl adjacent to an activating group) is 1. The summed E-state index contributed by atoms with van der Waals surface area (Å²) >= 11 is 0. The summed E-state index contributed by atoms with van der Waals surface area (Å²) in [6.45, 7) is 2.64. The lowest BCUT2D eigenvalue weighted by Crippen LogP contribution is -2.42. The average molecular weight is 126 g/mol. The van der Waals surface area contributed by atoms with Crippen molar-refractivity contribution in [1.29, 1.82) is 0 Å². The summed E-state index contributed by atoms with van der Waals surface area (Å²) in [5.41, 5.74) is 0. The van der Waals surface area contributed by atoms with Gasteiger partial charge in [-0.1, -0.05) is 0 Å². The molecule has 2 atom stereocenters. The molecule has 2 aliphatic heterocycles. The average Bonchev–Trinajstić information content (AvgIpc) is 2.10. The summed E-state index contributed by atoms with van der Waals surface area (Å²) in [5, 5.41) is 3.32. The minimum absolute atomic E-state index is 0.789. The molecule has 0 bridgehead atoms. The largest absolute Gasteiger partial charge is 0.316 e. The Bertz CT molecular complexity index is 101. The Balaban J connectivity index is 1.91. The lowest BCUT2D eigenvalue weighted by molar-refractivity contribution is 0.140. The second-order valence-corrected chi connectivity index (χ2v) is 3.16. The first-order valence-corrected chi connectivity index (χ1v) is 3.81. The monoisotopic (exact) mass is 126 g/mol. The molecule has 1 N–H and O–H groups in total. The number of nitrogens with zero attached hydrogens (tertiary/aromatic N) is 1. The highest BCUT2D eigenvalue weighted by atomic mass is 15.3. The molecule has 0 amide bonds. The molecule has 0 spiro atoms. The smallest absolute Gasteiger partial charge is 0.0207 e. The van der Waals surface area contributed by atoms with Crippen LogP contribution in [-0.4, -0.2) is 37.1 Å². The van der Waals surface area contributed by atoms with Crippen LogP contribution in [0.5, 0.6) is 0 Å². The van der Waals surface area contributed by atoms with E-state index < -0.39 is 0 Å². The molecule has 0 aromatic carbocycles. The Hall–Kier alpha value is -0.0800. The maximum absolute atomic E-state index is 3.32. The normalized spacial score (nSPS) is 42.3. The van der Waals surface area contributed by atoms with Gasteiger partial charge in [-0.15, -0.1) is 0 Å². The predicted molar refractivity (Wildman–Crippen MR) is 37.4 cm³/mol. The minimum Gasteiger partial charge on any atom is -0.316 e. The van der Waals surface area contributed by atoms with E-state index >= 15 is 0 Å². The van der Waals surface area contributed by atoms with E-state index in [1.807, 2.05) is 0 Å². The van der Waals surface area contributed by atoms with Crippen molar-refractivity contribution in [2.24, 2.45) is 0 Å². The third-order valence-corrected chi connectivity index (χ3v) is 2.69. The van der Waals surface area contributed by atoms with Gasteiger partial charge in [0, 0.05) is 18.6 Å². The fourth-order valence-electron chi connectivity index (χ4n) is 1.90. The zero-order chi connectivity index (χ0) is 6.27. The van der Waals surface area contributed by atoms with E-state index in [0.29, 0.717) is 0 Å². The molecule has 2 heteroatoms. The number of hydrogen-bond acceptors (Lipinski definition) is 2. The van der Waals surface area contributed by atoms with Gasteiger partial charge in [-0.3, -0.25) is 4.90 Å². The maximum Gasteiger partial charge on any atom is 0.0207 e. The topological polar surface area (TPSA) is 15.3 Å². The Labute approximate surface area is 56.2 Å². The van der Waals surface area contributed by atoms with Crippen LogP contribution in [0.3, 0.4) is 0 Å². The van der Waals surface area contributed by atoms with Crippen molar-refractivity contribution in [2.45, 2.75) is 24.9 Å². The Morgan fingerprint density at radius 2 is 2.44 bits per heavy atom. The van der Waals surface area contributed by atoms with Crippen LogP contribution in [-0.2, 0) is 0 Å². The molecule has 9 heavy (non-hydrogen) atoms. The number of hydrogen-bond donors (Lipinski definition) is 1. The van der Waals surface area contributed by atoms with Crippen LogP contribution in [0.15, 0.2) is 0 Å². The van der Waals surface area contributed by atoms with Crippen molar-refractivity contribution < 1.29 is 0 Å². The van der Waals surface area contributed by atoms with Crippen molar-refractivity contribution in [3.05, 3.63) is 0 Å². The summed E-state index contributed by atoms with van der Waals surface area (Å²) in [7, 11) is 2.07. The van der Waals surface area contributed by atoms with Crippen LogP contribution in [0.25, 0.3) is 0 Å². The summed E-state index contributed by atoms with van der Waals surface area (Å²) in [6, 6.07) is 1.74. The van der Waals surface area contributed by atoms with Gasteiger partial charge in [0.05, 0.1) is 0 Å². The summed E-state index contributed by atoms with van der Waals surface area (Å²) in [6.07, 6.45) is 2.83. The summed E-state index contributed by atoms with van der Waals surface area (Å²) in [5.74, 6) is 0. The number of fused-ring (bicyclic) bond motifs is 1. The van der Waals surface area contributed by atoms with Gasteiger partial charge in [0.2, 0.25) is 0 Å². The van der Waals surface area contributed by atoms with Crippen molar-refractivity contribution in [3.8, 4) is 0 Å². The lowest BCUT2D eigenvalue weighted by Gasteiger charge is -2.34. The van der Waals surface area contributed by atoms with Gasteiger partial charge < -0.3 is 5.32 Å². The fourth-order valence-corrected chi connectivity index (χ4v) is 1.90. The van der Waals surface area contributed by atoms with Gasteiger partial charge in [-0.2, -0.15) is 0 Å². The molecule has 1 unspecified atom stereocenters. The van der Waals surface area contributed by atoms with Gasteiger partial charge in [0.1, 0.15) is 0 Å². The Morgan fingerprint density at radius 1 is 1.56 bits per heavy atom. The molecule has 0 aliphatic carbocycles. The van der Waals surface area contributed by atoms with E-state index in [2.05, 4.69) is 17.3 Å². The van der Waals surface area contributed by atoms with Gasteiger partial charge in [0.25, 0.3) is 0 Å². The van der Waals surface area contributed by atoms with E-state index in [-0.39, 0.29) is 0 Å². The molecular formula is C7H14N2. The first-order valence-electron chi connectivity index (χ1n) is 3.81. The molecule has 2 heterocycles. The van der Waals surface area contributed by atoms with E-state index in [1.54, 1.807) is 0 Å². The molecule has 2 aliphatic rings. The van der Waals surface area contributed by atoms with Crippen LogP contribution in [0, 0.1) is 0 Å². The SMILES string of the molecule is CNC1C[C@H]2CCN2C1. The van der Waals surface area contributed by atoms with Gasteiger partial charge in [0.15, 0.2) is 0 Å². The molecule has 2 rings (SSSR count). The first-order chi connectivity index (χ1) is 4.40. The molecule has 0 saturated carbocycles. The molecule has 2 nitrogen and oxygen atoms in total. The molecule has 52 valence electrons. The second-order valence-electron chi connectivity index (χ2n) is 3.16. The van der Waals surface area contributed by atoms with E-state index in [0.717, 1.165) is 12.1 Å². The second kappa shape index (κ2) is 1.96. The van der Waals surface area contributed by atoms with Gasteiger partial charge >= 0.3 is 0 Å². The number of nitrogens with one attached hydrogen (secondary N) is 1. The van der Waals surface area contributed by atoms with E-state index in [9.17, 15) is 0 Å². The summed E-state index contributed by atoms with van der Waals surface area (Å²) in [4.78, 5) is 2.57. The maximum atomic E-state index is 3.32. The van der Waals surface area contributed by atoms with Crippen molar-refractivity contribution in [2.75, 3.05) is 20.1 Å². The quantitative estimate of drug-likeness (QED) is 0.534. The third kappa shape index (κ3) is 0.775. The highest BCUT2D eigenvalue weighted by Gasteiger charge is 2.36. The number of rotatable bonds is 1. The molecule has 0 radical (unpaired) electrons. The molecule has 0 aromatic rings. The predicted octanol–water partition coefficient (Wildman–Crippen LogP) is 0.0524. The van der Waals surface area contributed by atoms with Crippen molar-refractivity contribution >= 4 is 0 Å². The Kier molecular flexibility index (Phi) is 1.24. The lowest BCUT2D eigenvalue weighted by atomic mass is 10.0.